The zero-order valence-electron chi connectivity index (χ0n) is 11.7. The molecule has 1 fully saturated rings. The molecule has 0 radical (unpaired) electrons. The van der Waals surface area contributed by atoms with Gasteiger partial charge in [0.15, 0.2) is 5.03 Å². The Morgan fingerprint density at radius 3 is 2.81 bits per heavy atom. The van der Waals surface area contributed by atoms with Gasteiger partial charge >= 0.3 is 5.97 Å². The lowest BCUT2D eigenvalue weighted by Gasteiger charge is -2.34. The number of hydrogen-bond acceptors (Lipinski definition) is 4. The Morgan fingerprint density at radius 1 is 1.52 bits per heavy atom. The largest absolute Gasteiger partial charge is 0.481 e. The van der Waals surface area contributed by atoms with Gasteiger partial charge in [-0.15, -0.1) is 0 Å². The second-order valence-corrected chi connectivity index (χ2v) is 7.33. The summed E-state index contributed by atoms with van der Waals surface area (Å²) in [4.78, 5) is 10.7. The predicted octanol–water partition coefficient (Wildman–Crippen LogP) is 1.48. The molecule has 0 bridgehead atoms. The van der Waals surface area contributed by atoms with Crippen molar-refractivity contribution in [1.82, 2.24) is 14.1 Å². The minimum Gasteiger partial charge on any atom is -0.481 e. The summed E-state index contributed by atoms with van der Waals surface area (Å²) in [6.07, 6.45) is 3.89. The number of carbonyl (C=O) groups is 1. The molecule has 1 atom stereocenters. The number of halogens is 1. The van der Waals surface area contributed by atoms with Crippen LogP contribution in [0.15, 0.2) is 11.2 Å². The summed E-state index contributed by atoms with van der Waals surface area (Å²) < 4.78 is 28.2. The van der Waals surface area contributed by atoms with Gasteiger partial charge in [0.25, 0.3) is 10.0 Å². The topological polar surface area (TPSA) is 92.5 Å². The van der Waals surface area contributed by atoms with Crippen molar-refractivity contribution in [1.29, 1.82) is 0 Å². The Hall–Kier alpha value is -1.12. The van der Waals surface area contributed by atoms with Gasteiger partial charge in [-0.3, -0.25) is 9.48 Å². The SMILES string of the molecule is Cn1ncc(Cl)c1S(=O)(=O)N1CCCCC1CCC(=O)O. The second kappa shape index (κ2) is 6.33. The van der Waals surface area contributed by atoms with Gasteiger partial charge in [0, 0.05) is 26.1 Å². The summed E-state index contributed by atoms with van der Waals surface area (Å²) >= 11 is 5.94. The van der Waals surface area contributed by atoms with Crippen molar-refractivity contribution < 1.29 is 18.3 Å². The van der Waals surface area contributed by atoms with Crippen LogP contribution in [0.5, 0.6) is 0 Å². The van der Waals surface area contributed by atoms with E-state index in [-0.39, 0.29) is 22.5 Å². The Bertz CT molecular complexity index is 609. The van der Waals surface area contributed by atoms with Crippen molar-refractivity contribution in [2.24, 2.45) is 7.05 Å². The molecule has 9 heteroatoms. The third-order valence-electron chi connectivity index (χ3n) is 3.66. The fourth-order valence-corrected chi connectivity index (χ4v) is 5.00. The van der Waals surface area contributed by atoms with Crippen LogP contribution < -0.4 is 0 Å². The molecule has 1 saturated heterocycles. The van der Waals surface area contributed by atoms with Crippen molar-refractivity contribution in [3.05, 3.63) is 11.2 Å². The van der Waals surface area contributed by atoms with Gasteiger partial charge in [-0.25, -0.2) is 8.42 Å². The molecular weight excluding hydrogens is 318 g/mol. The standard InChI is InChI=1S/C12H18ClN3O4S/c1-15-12(10(13)8-14-15)21(19,20)16-7-3-2-4-9(16)5-6-11(17)18/h8-9H,2-7H2,1H3,(H,17,18). The number of aryl methyl sites for hydroxylation is 1. The third-order valence-corrected chi connectivity index (χ3v) is 6.12. The smallest absolute Gasteiger partial charge is 0.303 e. The van der Waals surface area contributed by atoms with E-state index >= 15 is 0 Å². The minimum atomic E-state index is -3.77. The average Bonchev–Trinajstić information content (AvgIpc) is 2.76. The van der Waals surface area contributed by atoms with E-state index in [4.69, 9.17) is 16.7 Å². The molecule has 0 aromatic carbocycles. The molecule has 1 aliphatic rings. The summed E-state index contributed by atoms with van der Waals surface area (Å²) in [5, 5.41) is 12.7. The highest BCUT2D eigenvalue weighted by Crippen LogP contribution is 2.30. The molecule has 0 saturated carbocycles. The predicted molar refractivity (Wildman–Crippen MR) is 76.6 cm³/mol. The summed E-state index contributed by atoms with van der Waals surface area (Å²) in [6, 6.07) is -0.300. The molecule has 1 aliphatic heterocycles. The van der Waals surface area contributed by atoms with Crippen LogP contribution in [0.4, 0.5) is 0 Å². The van der Waals surface area contributed by atoms with Gasteiger partial charge < -0.3 is 5.11 Å². The highest BCUT2D eigenvalue weighted by molar-refractivity contribution is 7.89. The van der Waals surface area contributed by atoms with E-state index in [1.54, 1.807) is 0 Å². The minimum absolute atomic E-state index is 0.0357. The fourth-order valence-electron chi connectivity index (χ4n) is 2.67. The van der Waals surface area contributed by atoms with Gasteiger partial charge in [0.1, 0.15) is 0 Å². The van der Waals surface area contributed by atoms with Crippen LogP contribution in [0.2, 0.25) is 5.02 Å². The van der Waals surface area contributed by atoms with E-state index in [0.29, 0.717) is 19.4 Å². The second-order valence-electron chi connectivity index (χ2n) is 5.12. The first-order chi connectivity index (χ1) is 9.84. The maximum atomic E-state index is 12.8. The lowest BCUT2D eigenvalue weighted by atomic mass is 10.0. The Balaban J connectivity index is 2.30. The first-order valence-electron chi connectivity index (χ1n) is 6.75. The van der Waals surface area contributed by atoms with Crippen LogP contribution in [0.1, 0.15) is 32.1 Å². The summed E-state index contributed by atoms with van der Waals surface area (Å²) in [6.45, 7) is 0.383. The third kappa shape index (κ3) is 3.38. The highest BCUT2D eigenvalue weighted by atomic mass is 35.5. The molecule has 1 unspecified atom stereocenters. The number of hydrogen-bond donors (Lipinski definition) is 1. The average molecular weight is 336 g/mol. The van der Waals surface area contributed by atoms with Gasteiger partial charge in [-0.05, 0) is 19.3 Å². The molecule has 2 heterocycles. The van der Waals surface area contributed by atoms with Gasteiger partial charge in [0.2, 0.25) is 0 Å². The van der Waals surface area contributed by atoms with Crippen LogP contribution in [0, 0.1) is 0 Å². The number of aromatic nitrogens is 2. The van der Waals surface area contributed by atoms with Crippen LogP contribution in [0.25, 0.3) is 0 Å². The molecular formula is C12H18ClN3O4S. The normalized spacial score (nSPS) is 20.6. The fraction of sp³-hybridized carbons (Fsp3) is 0.667. The first kappa shape index (κ1) is 16.3. The monoisotopic (exact) mass is 335 g/mol. The molecule has 21 heavy (non-hydrogen) atoms. The molecule has 2 rings (SSSR count). The quantitative estimate of drug-likeness (QED) is 0.879. The van der Waals surface area contributed by atoms with Crippen molar-refractivity contribution >= 4 is 27.6 Å². The van der Waals surface area contributed by atoms with E-state index in [1.165, 1.54) is 22.2 Å². The summed E-state index contributed by atoms with van der Waals surface area (Å²) in [7, 11) is -2.25. The molecule has 1 aromatic rings. The van der Waals surface area contributed by atoms with Crippen molar-refractivity contribution in [3.8, 4) is 0 Å². The molecule has 7 nitrogen and oxygen atoms in total. The molecule has 0 amide bonds. The molecule has 1 aromatic heterocycles. The van der Waals surface area contributed by atoms with E-state index in [2.05, 4.69) is 5.10 Å². The van der Waals surface area contributed by atoms with Gasteiger partial charge in [-0.2, -0.15) is 9.40 Å². The number of piperidine rings is 1. The zero-order chi connectivity index (χ0) is 15.6. The number of sulfonamides is 1. The van der Waals surface area contributed by atoms with E-state index in [1.807, 2.05) is 0 Å². The lowest BCUT2D eigenvalue weighted by Crippen LogP contribution is -2.44. The van der Waals surface area contributed by atoms with Crippen LogP contribution >= 0.6 is 11.6 Å². The Morgan fingerprint density at radius 2 is 2.24 bits per heavy atom. The maximum absolute atomic E-state index is 12.8. The Kier molecular flexibility index (Phi) is 4.90. The summed E-state index contributed by atoms with van der Waals surface area (Å²) in [5.74, 6) is -0.920. The first-order valence-corrected chi connectivity index (χ1v) is 8.57. The number of rotatable bonds is 5. The molecule has 0 spiro atoms. The number of aliphatic carboxylic acids is 1. The highest BCUT2D eigenvalue weighted by Gasteiger charge is 2.36. The summed E-state index contributed by atoms with van der Waals surface area (Å²) in [5.41, 5.74) is 0. The van der Waals surface area contributed by atoms with Crippen LogP contribution in [0.3, 0.4) is 0 Å². The van der Waals surface area contributed by atoms with Gasteiger partial charge in [-0.1, -0.05) is 18.0 Å². The molecule has 1 N–H and O–H groups in total. The van der Waals surface area contributed by atoms with Gasteiger partial charge in [0.05, 0.1) is 11.2 Å². The lowest BCUT2D eigenvalue weighted by molar-refractivity contribution is -0.137. The van der Waals surface area contributed by atoms with Crippen molar-refractivity contribution in [2.45, 2.75) is 43.2 Å². The maximum Gasteiger partial charge on any atom is 0.303 e. The number of carboxylic acid groups (broad SMARTS) is 1. The van der Waals surface area contributed by atoms with E-state index in [9.17, 15) is 13.2 Å². The zero-order valence-corrected chi connectivity index (χ0v) is 13.3. The number of carboxylic acids is 1. The Labute approximate surface area is 128 Å². The van der Waals surface area contributed by atoms with E-state index < -0.39 is 16.0 Å². The molecule has 118 valence electrons. The van der Waals surface area contributed by atoms with Crippen LogP contribution in [-0.2, 0) is 21.9 Å². The van der Waals surface area contributed by atoms with E-state index in [0.717, 1.165) is 12.8 Å². The van der Waals surface area contributed by atoms with Crippen molar-refractivity contribution in [3.63, 3.8) is 0 Å². The van der Waals surface area contributed by atoms with Crippen LogP contribution in [-0.4, -0.2) is 46.2 Å². The van der Waals surface area contributed by atoms with Crippen molar-refractivity contribution in [2.75, 3.05) is 6.54 Å². The molecule has 0 aliphatic carbocycles. The number of nitrogens with zero attached hydrogens (tertiary/aromatic N) is 3.